The molecular formula is C29H24ClF3N4O2. The van der Waals surface area contributed by atoms with Gasteiger partial charge in [0.05, 0.1) is 28.4 Å². The number of nitrogens with one attached hydrogen (secondary N) is 4. The third-order valence-electron chi connectivity index (χ3n) is 5.82. The van der Waals surface area contributed by atoms with Gasteiger partial charge in [0.15, 0.2) is 0 Å². The zero-order valence-electron chi connectivity index (χ0n) is 20.4. The van der Waals surface area contributed by atoms with Crippen LogP contribution < -0.4 is 21.3 Å². The maximum absolute atomic E-state index is 13.1. The number of urea groups is 2. The van der Waals surface area contributed by atoms with Gasteiger partial charge < -0.3 is 21.3 Å². The van der Waals surface area contributed by atoms with Crippen LogP contribution in [0.2, 0.25) is 5.02 Å². The first-order valence-corrected chi connectivity index (χ1v) is 12.3. The van der Waals surface area contributed by atoms with E-state index >= 15 is 0 Å². The Morgan fingerprint density at radius 1 is 0.615 bits per heavy atom. The lowest BCUT2D eigenvalue weighted by molar-refractivity contribution is -0.137. The molecule has 39 heavy (non-hydrogen) atoms. The molecule has 4 N–H and O–H groups in total. The maximum atomic E-state index is 13.1. The van der Waals surface area contributed by atoms with E-state index in [-0.39, 0.29) is 5.69 Å². The van der Waals surface area contributed by atoms with Gasteiger partial charge in [0, 0.05) is 5.69 Å². The van der Waals surface area contributed by atoms with Crippen molar-refractivity contribution in [1.82, 2.24) is 10.6 Å². The second-order valence-corrected chi connectivity index (χ2v) is 8.94. The Hall–Kier alpha value is -4.50. The van der Waals surface area contributed by atoms with Crippen LogP contribution in [-0.4, -0.2) is 12.1 Å². The summed E-state index contributed by atoms with van der Waals surface area (Å²) in [6.45, 7) is 0. The topological polar surface area (TPSA) is 82.3 Å². The van der Waals surface area contributed by atoms with Crippen molar-refractivity contribution in [1.29, 1.82) is 0 Å². The molecule has 200 valence electrons. The first-order chi connectivity index (χ1) is 18.7. The summed E-state index contributed by atoms with van der Waals surface area (Å²) in [5, 5.41) is 11.4. The van der Waals surface area contributed by atoms with Crippen LogP contribution >= 0.6 is 11.6 Å². The van der Waals surface area contributed by atoms with Crippen LogP contribution in [0.3, 0.4) is 0 Å². The molecule has 0 fully saturated rings. The van der Waals surface area contributed by atoms with Crippen molar-refractivity contribution >= 4 is 35.0 Å². The highest BCUT2D eigenvalue weighted by Gasteiger charge is 2.31. The van der Waals surface area contributed by atoms with E-state index in [0.717, 1.165) is 12.1 Å². The molecule has 0 aliphatic carbocycles. The number of rotatable bonds is 7. The van der Waals surface area contributed by atoms with Crippen LogP contribution in [-0.2, 0) is 6.18 Å². The predicted molar refractivity (Wildman–Crippen MR) is 146 cm³/mol. The van der Waals surface area contributed by atoms with Crippen molar-refractivity contribution in [3.63, 3.8) is 0 Å². The fourth-order valence-corrected chi connectivity index (χ4v) is 4.14. The number of benzene rings is 4. The van der Waals surface area contributed by atoms with E-state index in [1.54, 1.807) is 60.7 Å². The molecule has 6 nitrogen and oxygen atoms in total. The van der Waals surface area contributed by atoms with E-state index < -0.39 is 35.9 Å². The number of carbonyl (C=O) groups is 2. The van der Waals surface area contributed by atoms with Crippen LogP contribution in [0.1, 0.15) is 28.8 Å². The third kappa shape index (κ3) is 7.52. The van der Waals surface area contributed by atoms with Gasteiger partial charge in [-0.05, 0) is 47.5 Å². The van der Waals surface area contributed by atoms with Gasteiger partial charge in [-0.15, -0.1) is 0 Å². The quantitative estimate of drug-likeness (QED) is 0.189. The Balaban J connectivity index is 1.60. The number of amides is 4. The number of para-hydroxylation sites is 1. The number of alkyl halides is 3. The minimum Gasteiger partial charge on any atom is -0.329 e. The minimum atomic E-state index is -4.49. The highest BCUT2D eigenvalue weighted by atomic mass is 35.5. The lowest BCUT2D eigenvalue weighted by Gasteiger charge is -2.30. The molecule has 10 heteroatoms. The van der Waals surface area contributed by atoms with E-state index in [1.165, 1.54) is 12.1 Å². The predicted octanol–water partition coefficient (Wildman–Crippen LogP) is 7.78. The summed E-state index contributed by atoms with van der Waals surface area (Å²) in [5.74, 6) is 0. The molecule has 0 saturated carbocycles. The Morgan fingerprint density at radius 3 is 1.56 bits per heavy atom. The van der Waals surface area contributed by atoms with Crippen LogP contribution in [0.25, 0.3) is 0 Å². The van der Waals surface area contributed by atoms with Crippen LogP contribution in [0.4, 0.5) is 34.1 Å². The maximum Gasteiger partial charge on any atom is 0.416 e. The monoisotopic (exact) mass is 552 g/mol. The molecule has 0 radical (unpaired) electrons. The third-order valence-corrected chi connectivity index (χ3v) is 6.15. The minimum absolute atomic E-state index is 0.174. The zero-order chi connectivity index (χ0) is 27.8. The fourth-order valence-electron chi connectivity index (χ4n) is 3.95. The Kier molecular flexibility index (Phi) is 8.73. The number of anilines is 2. The van der Waals surface area contributed by atoms with Gasteiger partial charge >= 0.3 is 18.2 Å². The van der Waals surface area contributed by atoms with Gasteiger partial charge in [-0.2, -0.15) is 13.2 Å². The van der Waals surface area contributed by atoms with E-state index in [0.29, 0.717) is 21.8 Å². The molecule has 0 saturated heterocycles. The summed E-state index contributed by atoms with van der Waals surface area (Å²) < 4.78 is 38.7. The van der Waals surface area contributed by atoms with Gasteiger partial charge in [0.1, 0.15) is 0 Å². The summed E-state index contributed by atoms with van der Waals surface area (Å²) >= 11 is 6.19. The smallest absolute Gasteiger partial charge is 0.329 e. The van der Waals surface area contributed by atoms with Gasteiger partial charge in [-0.1, -0.05) is 84.4 Å². The zero-order valence-corrected chi connectivity index (χ0v) is 21.1. The highest BCUT2D eigenvalue weighted by molar-refractivity contribution is 6.33. The molecule has 0 aliphatic heterocycles. The summed E-state index contributed by atoms with van der Waals surface area (Å²) in [5.41, 5.74) is 1.15. The fraction of sp³-hybridized carbons (Fsp3) is 0.103. The second-order valence-electron chi connectivity index (χ2n) is 8.53. The lowest BCUT2D eigenvalue weighted by Crippen LogP contribution is -2.43. The van der Waals surface area contributed by atoms with Crippen molar-refractivity contribution in [2.24, 2.45) is 0 Å². The van der Waals surface area contributed by atoms with E-state index in [4.69, 9.17) is 11.6 Å². The largest absolute Gasteiger partial charge is 0.416 e. The SMILES string of the molecule is O=C(Nc1ccc(C(F)(F)F)cc1)NC(c1ccccc1)C(NC(=O)Nc1ccccc1Cl)c1ccccc1. The molecule has 4 aromatic rings. The molecule has 0 heterocycles. The van der Waals surface area contributed by atoms with Crippen molar-refractivity contribution < 1.29 is 22.8 Å². The Labute approximate surface area is 228 Å². The molecular weight excluding hydrogens is 529 g/mol. The summed E-state index contributed by atoms with van der Waals surface area (Å²) in [4.78, 5) is 26.1. The standard InChI is InChI=1S/C29H24ClF3N4O2/c30-23-13-7-8-14-24(23)35-28(39)37-26(20-11-5-2-6-12-20)25(19-9-3-1-4-10-19)36-27(38)34-22-17-15-21(16-18-22)29(31,32)33/h1-18,25-26H,(H2,34,36,38)(H2,35,37,39). The van der Waals surface area contributed by atoms with Crippen LogP contribution in [0.5, 0.6) is 0 Å². The first kappa shape index (κ1) is 27.5. The summed E-state index contributed by atoms with van der Waals surface area (Å²) in [6.07, 6.45) is -4.49. The molecule has 4 rings (SSSR count). The van der Waals surface area contributed by atoms with Gasteiger partial charge in [0.25, 0.3) is 0 Å². The number of hydrogen-bond donors (Lipinski definition) is 4. The highest BCUT2D eigenvalue weighted by Crippen LogP contribution is 2.31. The normalized spacial score (nSPS) is 12.6. The number of hydrogen-bond acceptors (Lipinski definition) is 2. The molecule has 2 atom stereocenters. The Bertz CT molecular complexity index is 1400. The average molecular weight is 553 g/mol. The molecule has 0 aliphatic rings. The van der Waals surface area contributed by atoms with E-state index in [9.17, 15) is 22.8 Å². The van der Waals surface area contributed by atoms with E-state index in [2.05, 4.69) is 21.3 Å². The summed E-state index contributed by atoms with van der Waals surface area (Å²) in [7, 11) is 0. The summed E-state index contributed by atoms with van der Waals surface area (Å²) in [6, 6.07) is 26.2. The van der Waals surface area contributed by atoms with Crippen molar-refractivity contribution in [3.8, 4) is 0 Å². The molecule has 2 unspecified atom stereocenters. The van der Waals surface area contributed by atoms with Gasteiger partial charge in [-0.25, -0.2) is 9.59 Å². The average Bonchev–Trinajstić information content (AvgIpc) is 2.93. The first-order valence-electron chi connectivity index (χ1n) is 11.9. The van der Waals surface area contributed by atoms with Crippen molar-refractivity contribution in [2.75, 3.05) is 10.6 Å². The molecule has 0 bridgehead atoms. The van der Waals surface area contributed by atoms with Crippen LogP contribution in [0.15, 0.2) is 109 Å². The van der Waals surface area contributed by atoms with Gasteiger partial charge in [-0.3, -0.25) is 0 Å². The number of carbonyl (C=O) groups excluding carboxylic acids is 2. The van der Waals surface area contributed by atoms with Crippen molar-refractivity contribution in [2.45, 2.75) is 18.3 Å². The van der Waals surface area contributed by atoms with Crippen LogP contribution in [0, 0.1) is 0 Å². The molecule has 4 amide bonds. The molecule has 0 spiro atoms. The molecule has 0 aromatic heterocycles. The number of halogens is 4. The van der Waals surface area contributed by atoms with Gasteiger partial charge in [0.2, 0.25) is 0 Å². The second kappa shape index (κ2) is 12.4. The van der Waals surface area contributed by atoms with Crippen molar-refractivity contribution in [3.05, 3.63) is 131 Å². The Morgan fingerprint density at radius 2 is 1.08 bits per heavy atom. The lowest BCUT2D eigenvalue weighted by atomic mass is 9.93. The molecule has 4 aromatic carbocycles. The van der Waals surface area contributed by atoms with E-state index in [1.807, 2.05) is 24.3 Å².